The summed E-state index contributed by atoms with van der Waals surface area (Å²) in [5, 5.41) is 2.98. The van der Waals surface area contributed by atoms with E-state index in [-0.39, 0.29) is 11.5 Å². The first-order chi connectivity index (χ1) is 9.51. The molecule has 0 fully saturated rings. The maximum absolute atomic E-state index is 11.7. The summed E-state index contributed by atoms with van der Waals surface area (Å²) < 4.78 is 6.30. The zero-order valence-electron chi connectivity index (χ0n) is 12.2. The molecule has 0 aliphatic carbocycles. The minimum absolute atomic E-state index is 0.167. The summed E-state index contributed by atoms with van der Waals surface area (Å²) in [6.45, 7) is 4.93. The Morgan fingerprint density at radius 3 is 2.70 bits per heavy atom. The Balaban J connectivity index is 2.69. The van der Waals surface area contributed by atoms with E-state index < -0.39 is 11.2 Å². The van der Waals surface area contributed by atoms with Gasteiger partial charge in [-0.15, -0.1) is 0 Å². The van der Waals surface area contributed by atoms with E-state index in [1.807, 2.05) is 7.05 Å². The topological polar surface area (TPSA) is 105 Å². The number of nitrogens with zero attached hydrogens (tertiary/aromatic N) is 2. The first-order valence-corrected chi connectivity index (χ1v) is 6.55. The molecule has 0 spiro atoms. The van der Waals surface area contributed by atoms with Gasteiger partial charge in [0.15, 0.2) is 0 Å². The van der Waals surface area contributed by atoms with Crippen molar-refractivity contribution in [2.24, 2.45) is 0 Å². The maximum atomic E-state index is 11.7. The van der Waals surface area contributed by atoms with Crippen LogP contribution in [0.1, 0.15) is 6.92 Å². The van der Waals surface area contributed by atoms with Gasteiger partial charge < -0.3 is 20.7 Å². The molecule has 1 rings (SSSR count). The Hall–Kier alpha value is -1.80. The van der Waals surface area contributed by atoms with E-state index in [1.54, 1.807) is 14.0 Å². The number of hydrogen-bond donors (Lipinski definition) is 3. The van der Waals surface area contributed by atoms with Gasteiger partial charge in [-0.3, -0.25) is 14.3 Å². The number of methoxy groups -OCH3 is 1. The van der Waals surface area contributed by atoms with Crippen LogP contribution in [0.25, 0.3) is 0 Å². The van der Waals surface area contributed by atoms with Gasteiger partial charge >= 0.3 is 5.69 Å². The highest BCUT2D eigenvalue weighted by atomic mass is 16.5. The Morgan fingerprint density at radius 2 is 2.10 bits per heavy atom. The fraction of sp³-hybridized carbons (Fsp3) is 0.667. The molecule has 114 valence electrons. The number of aromatic amines is 1. The van der Waals surface area contributed by atoms with Crippen molar-refractivity contribution in [3.63, 3.8) is 0 Å². The highest BCUT2D eigenvalue weighted by Crippen LogP contribution is 2.08. The summed E-state index contributed by atoms with van der Waals surface area (Å²) in [6, 6.07) is 0. The molecule has 0 aliphatic heterocycles. The van der Waals surface area contributed by atoms with Crippen LogP contribution in [0.15, 0.2) is 9.59 Å². The lowest BCUT2D eigenvalue weighted by Gasteiger charge is -2.17. The molecule has 1 aromatic rings. The Kier molecular flexibility index (Phi) is 6.26. The quantitative estimate of drug-likeness (QED) is 0.573. The standard InChI is InChI=1S/C12H23N5O3/c1-4-17-10(13)9(11(18)15-12(17)19)14-5-6-16(2)7-8-20-3/h14H,4-8,13H2,1-3H3,(H,15,18,19). The molecule has 0 amide bonds. The molecule has 1 aromatic heterocycles. The summed E-state index contributed by atoms with van der Waals surface area (Å²) in [6.07, 6.45) is 0. The molecular formula is C12H23N5O3. The highest BCUT2D eigenvalue weighted by molar-refractivity contribution is 5.60. The number of nitrogen functional groups attached to an aromatic ring is 1. The van der Waals surface area contributed by atoms with Crippen LogP contribution >= 0.6 is 0 Å². The zero-order valence-corrected chi connectivity index (χ0v) is 12.2. The second kappa shape index (κ2) is 7.71. The van der Waals surface area contributed by atoms with Gasteiger partial charge in [-0.05, 0) is 14.0 Å². The molecule has 8 heteroatoms. The number of ether oxygens (including phenoxy) is 1. The van der Waals surface area contributed by atoms with Gasteiger partial charge in [0.05, 0.1) is 6.61 Å². The van der Waals surface area contributed by atoms with Gasteiger partial charge in [-0.1, -0.05) is 0 Å². The minimum atomic E-state index is -0.489. The maximum Gasteiger partial charge on any atom is 0.330 e. The third kappa shape index (κ3) is 4.10. The van der Waals surface area contributed by atoms with E-state index in [0.717, 1.165) is 13.1 Å². The fourth-order valence-electron chi connectivity index (χ4n) is 1.80. The number of anilines is 2. The van der Waals surface area contributed by atoms with Crippen molar-refractivity contribution in [3.05, 3.63) is 20.8 Å². The number of rotatable bonds is 8. The van der Waals surface area contributed by atoms with Crippen molar-refractivity contribution < 1.29 is 4.74 Å². The molecule has 0 unspecified atom stereocenters. The second-order valence-corrected chi connectivity index (χ2v) is 4.49. The van der Waals surface area contributed by atoms with Crippen LogP contribution in [-0.4, -0.2) is 54.8 Å². The van der Waals surface area contributed by atoms with Gasteiger partial charge in [0, 0.05) is 33.3 Å². The molecule has 8 nitrogen and oxygen atoms in total. The molecule has 0 radical (unpaired) electrons. The van der Waals surface area contributed by atoms with E-state index in [4.69, 9.17) is 10.5 Å². The highest BCUT2D eigenvalue weighted by Gasteiger charge is 2.10. The van der Waals surface area contributed by atoms with E-state index >= 15 is 0 Å². The summed E-state index contributed by atoms with van der Waals surface area (Å²) in [5.41, 5.74) is 5.10. The average molecular weight is 285 g/mol. The molecule has 0 saturated carbocycles. The number of nitrogens with two attached hydrogens (primary N) is 1. The van der Waals surface area contributed by atoms with Crippen LogP contribution in [0.2, 0.25) is 0 Å². The van der Waals surface area contributed by atoms with E-state index in [0.29, 0.717) is 19.7 Å². The van der Waals surface area contributed by atoms with Crippen LogP contribution in [0.3, 0.4) is 0 Å². The molecule has 4 N–H and O–H groups in total. The fourth-order valence-corrected chi connectivity index (χ4v) is 1.80. The molecule has 1 heterocycles. The van der Waals surface area contributed by atoms with Crippen LogP contribution in [0.5, 0.6) is 0 Å². The molecule has 0 saturated heterocycles. The number of H-pyrrole nitrogens is 1. The molecule has 20 heavy (non-hydrogen) atoms. The second-order valence-electron chi connectivity index (χ2n) is 4.49. The van der Waals surface area contributed by atoms with Crippen molar-refractivity contribution in [1.82, 2.24) is 14.5 Å². The van der Waals surface area contributed by atoms with Crippen LogP contribution < -0.4 is 22.3 Å². The normalized spacial score (nSPS) is 11.0. The monoisotopic (exact) mass is 285 g/mol. The first kappa shape index (κ1) is 16.3. The summed E-state index contributed by atoms with van der Waals surface area (Å²) in [5.74, 6) is 0.167. The summed E-state index contributed by atoms with van der Waals surface area (Å²) in [7, 11) is 3.61. The van der Waals surface area contributed by atoms with Crippen molar-refractivity contribution in [2.75, 3.05) is 51.4 Å². The predicted molar refractivity (Wildman–Crippen MR) is 79.3 cm³/mol. The van der Waals surface area contributed by atoms with Crippen molar-refractivity contribution in [1.29, 1.82) is 0 Å². The van der Waals surface area contributed by atoms with Crippen LogP contribution in [-0.2, 0) is 11.3 Å². The van der Waals surface area contributed by atoms with E-state index in [1.165, 1.54) is 4.57 Å². The zero-order chi connectivity index (χ0) is 15.1. The largest absolute Gasteiger partial charge is 0.383 e. The minimum Gasteiger partial charge on any atom is -0.383 e. The lowest BCUT2D eigenvalue weighted by molar-refractivity contribution is 0.163. The summed E-state index contributed by atoms with van der Waals surface area (Å²) in [4.78, 5) is 27.6. The molecule has 0 aromatic carbocycles. The van der Waals surface area contributed by atoms with E-state index in [2.05, 4.69) is 15.2 Å². The molecule has 0 bridgehead atoms. The third-order valence-electron chi connectivity index (χ3n) is 3.03. The Morgan fingerprint density at radius 1 is 1.40 bits per heavy atom. The molecule has 0 atom stereocenters. The van der Waals surface area contributed by atoms with Gasteiger partial charge in [-0.2, -0.15) is 0 Å². The van der Waals surface area contributed by atoms with Gasteiger partial charge in [-0.25, -0.2) is 4.79 Å². The smallest absolute Gasteiger partial charge is 0.330 e. The first-order valence-electron chi connectivity index (χ1n) is 6.55. The Bertz CT molecular complexity index is 537. The molecular weight excluding hydrogens is 262 g/mol. The van der Waals surface area contributed by atoms with Crippen LogP contribution in [0, 0.1) is 0 Å². The number of hydrogen-bond acceptors (Lipinski definition) is 6. The SMILES string of the molecule is CCn1c(N)c(NCCN(C)CCOC)c(=O)[nH]c1=O. The van der Waals surface area contributed by atoms with Crippen molar-refractivity contribution in [3.8, 4) is 0 Å². The lowest BCUT2D eigenvalue weighted by Crippen LogP contribution is -2.35. The van der Waals surface area contributed by atoms with Gasteiger partial charge in [0.25, 0.3) is 5.56 Å². The predicted octanol–water partition coefficient (Wildman–Crippen LogP) is -0.871. The van der Waals surface area contributed by atoms with E-state index in [9.17, 15) is 9.59 Å². The number of aromatic nitrogens is 2. The average Bonchev–Trinajstić information content (AvgIpc) is 2.40. The van der Waals surface area contributed by atoms with Gasteiger partial charge in [0.1, 0.15) is 11.5 Å². The number of likely N-dealkylation sites (N-methyl/N-ethyl adjacent to an activating group) is 1. The number of nitrogens with one attached hydrogen (secondary N) is 2. The summed E-state index contributed by atoms with van der Waals surface area (Å²) >= 11 is 0. The van der Waals surface area contributed by atoms with Crippen molar-refractivity contribution in [2.45, 2.75) is 13.5 Å². The Labute approximate surface area is 117 Å². The third-order valence-corrected chi connectivity index (χ3v) is 3.03. The van der Waals surface area contributed by atoms with Crippen molar-refractivity contribution >= 4 is 11.5 Å². The van der Waals surface area contributed by atoms with Crippen LogP contribution in [0.4, 0.5) is 11.5 Å². The molecule has 0 aliphatic rings. The lowest BCUT2D eigenvalue weighted by atomic mass is 10.4. The van der Waals surface area contributed by atoms with Gasteiger partial charge in [0.2, 0.25) is 0 Å².